The van der Waals surface area contributed by atoms with Gasteiger partial charge in [0.05, 0.1) is 25.4 Å². The Hall–Kier alpha value is -9.19. The molecule has 9 amide bonds. The number of hydrogen-bond donors (Lipinski definition) is 16. The topological polar surface area (TPSA) is 487 Å². The number of aromatic amines is 1. The fourth-order valence-electron chi connectivity index (χ4n) is 9.59. The molecular formula is C58H85N15O15. The number of H-pyrrole nitrogens is 1. The predicted molar refractivity (Wildman–Crippen MR) is 318 cm³/mol. The van der Waals surface area contributed by atoms with Crippen LogP contribution in [0.5, 0.6) is 5.75 Å². The number of nitrogens with two attached hydrogens (primary N) is 3. The molecule has 30 heteroatoms. The summed E-state index contributed by atoms with van der Waals surface area (Å²) in [6.07, 6.45) is 2.08. The number of amides is 9. The standard InChI is InChI=1S/C58H85N15O15/c1-30(2)22-42(57(87)88)69-52(82)43(28-74)70-50(80)39(23-33-12-8-7-9-13-33)66-53(83)44-15-11-21-73(44)56(86)41(25-35-27-62-29-64-35)68-55(85)47(32(5)6)72-51(81)40(24-34-16-18-36(75)19-17-34)67-54(84)46(31(3)4)71-49(79)38(14-10-20-63-58(60)61)65-48(78)37(59)26-45(76)77/h7-9,12-13,16-19,27,29-32,37-44,46-47,74-75H,10-11,14-15,20-26,28,59H2,1-6H3,(H,62,64)(H,65,78)(H,66,83)(H,67,84)(H,68,85)(H,69,82)(H,70,80)(H,71,79)(H,72,81)(H,76,77)(H,87,88)(H4,60,61,63)/t37-,38-,39-,40-,41-,42-,43-,44-,46-,47-/m0/s1. The molecule has 0 spiro atoms. The van der Waals surface area contributed by atoms with Gasteiger partial charge >= 0.3 is 11.9 Å². The maximum atomic E-state index is 14.9. The van der Waals surface area contributed by atoms with E-state index in [1.807, 2.05) is 0 Å². The number of aromatic nitrogens is 2. The minimum Gasteiger partial charge on any atom is -0.508 e. The highest BCUT2D eigenvalue weighted by atomic mass is 16.4. The van der Waals surface area contributed by atoms with E-state index < -0.39 is 150 Å². The van der Waals surface area contributed by atoms with Crippen LogP contribution in [0.2, 0.25) is 0 Å². The number of aliphatic hydroxyl groups excluding tert-OH is 1. The van der Waals surface area contributed by atoms with Crippen molar-refractivity contribution in [3.63, 3.8) is 0 Å². The molecule has 0 aliphatic carbocycles. The lowest BCUT2D eigenvalue weighted by Gasteiger charge is -2.32. The Balaban J connectivity index is 1.60. The molecule has 88 heavy (non-hydrogen) atoms. The summed E-state index contributed by atoms with van der Waals surface area (Å²) in [5.41, 5.74) is 18.1. The summed E-state index contributed by atoms with van der Waals surface area (Å²) in [6.45, 7) is 9.11. The summed E-state index contributed by atoms with van der Waals surface area (Å²) in [5.74, 6) is -12.3. The molecule has 482 valence electrons. The number of aromatic hydroxyl groups is 1. The first-order valence-electron chi connectivity index (χ1n) is 29.0. The van der Waals surface area contributed by atoms with E-state index in [9.17, 15) is 73.2 Å². The quantitative estimate of drug-likeness (QED) is 0.0162. The van der Waals surface area contributed by atoms with Gasteiger partial charge in [0, 0.05) is 44.2 Å². The van der Waals surface area contributed by atoms with Crippen molar-refractivity contribution in [2.75, 3.05) is 19.7 Å². The van der Waals surface area contributed by atoms with E-state index in [0.29, 0.717) is 23.2 Å². The Labute approximate surface area is 509 Å². The van der Waals surface area contributed by atoms with Gasteiger partial charge < -0.3 is 90.0 Å². The molecule has 1 aliphatic rings. The zero-order chi connectivity index (χ0) is 65.4. The molecular weight excluding hydrogens is 1150 g/mol. The fourth-order valence-corrected chi connectivity index (χ4v) is 9.59. The number of aliphatic hydroxyl groups is 1. The number of hydrogen-bond acceptors (Lipinski definition) is 16. The molecule has 1 aliphatic heterocycles. The molecule has 3 aromatic rings. The Morgan fingerprint density at radius 2 is 1.17 bits per heavy atom. The van der Waals surface area contributed by atoms with Crippen molar-refractivity contribution in [1.29, 1.82) is 0 Å². The molecule has 1 fully saturated rings. The zero-order valence-corrected chi connectivity index (χ0v) is 50.2. The number of imidazole rings is 1. The maximum Gasteiger partial charge on any atom is 0.326 e. The van der Waals surface area contributed by atoms with Crippen LogP contribution in [-0.2, 0) is 72.0 Å². The van der Waals surface area contributed by atoms with E-state index in [0.717, 1.165) is 0 Å². The van der Waals surface area contributed by atoms with Crippen LogP contribution in [0.3, 0.4) is 0 Å². The molecule has 1 aromatic heterocycles. The molecule has 2 heterocycles. The summed E-state index contributed by atoms with van der Waals surface area (Å²) in [7, 11) is 0. The molecule has 4 rings (SSSR count). The smallest absolute Gasteiger partial charge is 0.326 e. The van der Waals surface area contributed by atoms with Crippen molar-refractivity contribution in [2.24, 2.45) is 39.9 Å². The van der Waals surface area contributed by atoms with Crippen molar-refractivity contribution < 1.29 is 73.2 Å². The van der Waals surface area contributed by atoms with E-state index in [4.69, 9.17) is 17.2 Å². The van der Waals surface area contributed by atoms with Crippen LogP contribution in [0, 0.1) is 17.8 Å². The van der Waals surface area contributed by atoms with Crippen LogP contribution in [-0.4, -0.2) is 186 Å². The van der Waals surface area contributed by atoms with Gasteiger partial charge in [-0.25, -0.2) is 9.78 Å². The van der Waals surface area contributed by atoms with E-state index in [1.165, 1.54) is 41.7 Å². The highest BCUT2D eigenvalue weighted by Crippen LogP contribution is 2.21. The number of rotatable bonds is 35. The molecule has 19 N–H and O–H groups in total. The van der Waals surface area contributed by atoms with Crippen molar-refractivity contribution >= 4 is 71.1 Å². The average molecular weight is 1230 g/mol. The number of aliphatic imine (C=N–C) groups is 1. The van der Waals surface area contributed by atoms with Gasteiger partial charge in [-0.1, -0.05) is 84.0 Å². The van der Waals surface area contributed by atoms with Crippen molar-refractivity contribution in [1.82, 2.24) is 57.4 Å². The van der Waals surface area contributed by atoms with Gasteiger partial charge in [-0.05, 0) is 73.1 Å². The molecule has 0 saturated carbocycles. The number of nitrogens with zero attached hydrogens (tertiary/aromatic N) is 3. The molecule has 1 saturated heterocycles. The van der Waals surface area contributed by atoms with E-state index >= 15 is 0 Å². The molecule has 0 bridgehead atoms. The minimum absolute atomic E-state index is 0.0339. The zero-order valence-electron chi connectivity index (χ0n) is 50.2. The van der Waals surface area contributed by atoms with Crippen molar-refractivity contribution in [3.05, 3.63) is 83.9 Å². The summed E-state index contributed by atoms with van der Waals surface area (Å²) >= 11 is 0. The Bertz CT molecular complexity index is 2890. The first-order valence-corrected chi connectivity index (χ1v) is 29.0. The Morgan fingerprint density at radius 3 is 1.70 bits per heavy atom. The number of phenolic OH excluding ortho intramolecular Hbond substituents is 1. The molecule has 0 unspecified atom stereocenters. The van der Waals surface area contributed by atoms with Gasteiger partial charge in [0.15, 0.2) is 5.96 Å². The third-order valence-corrected chi connectivity index (χ3v) is 14.3. The summed E-state index contributed by atoms with van der Waals surface area (Å²) in [4.78, 5) is 162. The van der Waals surface area contributed by atoms with E-state index in [1.54, 1.807) is 71.9 Å². The minimum atomic E-state index is -1.61. The van der Waals surface area contributed by atoms with Gasteiger partial charge in [-0.2, -0.15) is 0 Å². The first kappa shape index (κ1) is 71.3. The predicted octanol–water partition coefficient (Wildman–Crippen LogP) is -2.70. The van der Waals surface area contributed by atoms with Crippen LogP contribution in [0.1, 0.15) is 96.9 Å². The van der Waals surface area contributed by atoms with Crippen LogP contribution in [0.4, 0.5) is 0 Å². The number of likely N-dealkylation sites (tertiary alicyclic amines) is 1. The fraction of sp³-hybridized carbons (Fsp3) is 0.534. The van der Waals surface area contributed by atoms with Gasteiger partial charge in [0.25, 0.3) is 0 Å². The number of guanidine groups is 1. The van der Waals surface area contributed by atoms with Gasteiger partial charge in [0.2, 0.25) is 53.2 Å². The van der Waals surface area contributed by atoms with Crippen molar-refractivity contribution in [3.8, 4) is 5.75 Å². The number of aliphatic carboxylic acids is 2. The van der Waals surface area contributed by atoms with Gasteiger partial charge in [-0.15, -0.1) is 0 Å². The first-order chi connectivity index (χ1) is 41.6. The number of nitrogens with one attached hydrogen (secondary N) is 9. The Morgan fingerprint density at radius 1 is 0.648 bits per heavy atom. The molecule has 2 aromatic carbocycles. The highest BCUT2D eigenvalue weighted by molar-refractivity contribution is 5.99. The second kappa shape index (κ2) is 34.8. The lowest BCUT2D eigenvalue weighted by molar-refractivity contribution is -0.143. The second-order valence-corrected chi connectivity index (χ2v) is 22.7. The van der Waals surface area contributed by atoms with Crippen LogP contribution in [0.15, 0.2) is 72.1 Å². The maximum absolute atomic E-state index is 14.9. The van der Waals surface area contributed by atoms with Crippen LogP contribution < -0.4 is 59.7 Å². The van der Waals surface area contributed by atoms with E-state index in [-0.39, 0.29) is 75.7 Å². The third-order valence-electron chi connectivity index (χ3n) is 14.3. The average Bonchev–Trinajstić information content (AvgIpc) is 4.34. The normalized spacial score (nSPS) is 16.0. The third kappa shape index (κ3) is 22.9. The lowest BCUT2D eigenvalue weighted by atomic mass is 9.98. The lowest BCUT2D eigenvalue weighted by Crippen LogP contribution is -2.62. The molecule has 0 radical (unpaired) electrons. The largest absolute Gasteiger partial charge is 0.508 e. The van der Waals surface area contributed by atoms with Crippen LogP contribution in [0.25, 0.3) is 0 Å². The number of carboxylic acids is 2. The molecule has 30 nitrogen and oxygen atoms in total. The van der Waals surface area contributed by atoms with Gasteiger partial charge in [-0.3, -0.25) is 52.9 Å². The summed E-state index contributed by atoms with van der Waals surface area (Å²) in [5, 5.41) is 59.9. The van der Waals surface area contributed by atoms with Crippen molar-refractivity contribution in [2.45, 2.75) is 160 Å². The summed E-state index contributed by atoms with van der Waals surface area (Å²) in [6, 6.07) is 0.169. The molecule has 10 atom stereocenters. The number of phenols is 1. The number of benzene rings is 2. The second-order valence-electron chi connectivity index (χ2n) is 22.7. The SMILES string of the molecule is CC(C)C[C@H](NC(=O)[C@H](CO)NC(=O)[C@H](Cc1ccccc1)NC(=O)[C@@H]1CCCN1C(=O)[C@H](Cc1cnc[nH]1)NC(=O)[C@@H](NC(=O)[C@H](Cc1ccc(O)cc1)NC(=O)[C@@H](NC(=O)[C@H](CCCN=C(N)N)NC(=O)[C@@H](N)CC(=O)O)C(C)C)C(C)C)C(=O)O. The highest BCUT2D eigenvalue weighted by Gasteiger charge is 2.41. The van der Waals surface area contributed by atoms with Gasteiger partial charge in [0.1, 0.15) is 60.1 Å². The number of carboxylic acid groups (broad SMARTS) is 2. The van der Waals surface area contributed by atoms with E-state index in [2.05, 4.69) is 57.5 Å². The number of carbonyl (C=O) groups excluding carboxylic acids is 9. The van der Waals surface area contributed by atoms with Crippen LogP contribution >= 0.6 is 0 Å². The number of carbonyl (C=O) groups is 11. The Kier molecular flexibility index (Phi) is 28.2. The summed E-state index contributed by atoms with van der Waals surface area (Å²) < 4.78 is 0. The monoisotopic (exact) mass is 1230 g/mol.